The first kappa shape index (κ1) is 22.6. The monoisotopic (exact) mass is 388 g/mol. The van der Waals surface area contributed by atoms with Crippen LogP contribution >= 0.6 is 0 Å². The first-order chi connectivity index (χ1) is 13.5. The van der Waals surface area contributed by atoms with Crippen molar-refractivity contribution in [3.05, 3.63) is 35.4 Å². The molecule has 0 aliphatic heterocycles. The Kier molecular flexibility index (Phi) is 9.69. The van der Waals surface area contributed by atoms with Crippen molar-refractivity contribution in [2.75, 3.05) is 0 Å². The first-order valence-electron chi connectivity index (χ1n) is 11.0. The average Bonchev–Trinajstić information content (AvgIpc) is 3.04. The summed E-state index contributed by atoms with van der Waals surface area (Å²) in [5, 5.41) is 18.6. The van der Waals surface area contributed by atoms with Crippen LogP contribution in [0.4, 0.5) is 0 Å². The number of carbonyl (C=O) groups is 2. The van der Waals surface area contributed by atoms with Crippen molar-refractivity contribution in [2.24, 2.45) is 5.92 Å². The van der Waals surface area contributed by atoms with E-state index in [1.807, 2.05) is 0 Å². The van der Waals surface area contributed by atoms with Crippen LogP contribution in [0.2, 0.25) is 0 Å². The summed E-state index contributed by atoms with van der Waals surface area (Å²) in [7, 11) is 0. The third kappa shape index (κ3) is 7.38. The molecule has 0 saturated heterocycles. The molecule has 28 heavy (non-hydrogen) atoms. The van der Waals surface area contributed by atoms with Crippen LogP contribution in [0.5, 0.6) is 0 Å². The number of unbranched alkanes of at least 4 members (excludes halogenated alkanes) is 3. The van der Waals surface area contributed by atoms with E-state index in [9.17, 15) is 14.7 Å². The van der Waals surface area contributed by atoms with Crippen LogP contribution in [0.3, 0.4) is 0 Å². The molecule has 1 aliphatic carbocycles. The topological polar surface area (TPSA) is 74.6 Å². The van der Waals surface area contributed by atoms with Crippen molar-refractivity contribution >= 4 is 11.8 Å². The van der Waals surface area contributed by atoms with Gasteiger partial charge in [0.2, 0.25) is 0 Å². The number of aliphatic hydroxyl groups is 1. The number of rotatable bonds is 13. The van der Waals surface area contributed by atoms with Gasteiger partial charge >= 0.3 is 5.97 Å². The second-order valence-corrected chi connectivity index (χ2v) is 8.29. The number of carboxylic acids is 1. The third-order valence-electron chi connectivity index (χ3n) is 6.05. The van der Waals surface area contributed by atoms with Gasteiger partial charge in [0.25, 0.3) is 0 Å². The largest absolute Gasteiger partial charge is 0.481 e. The molecule has 0 bridgehead atoms. The molecule has 3 atom stereocenters. The summed E-state index contributed by atoms with van der Waals surface area (Å²) >= 11 is 0. The first-order valence-corrected chi connectivity index (χ1v) is 11.0. The molecule has 1 aliphatic rings. The molecule has 0 spiro atoms. The van der Waals surface area contributed by atoms with E-state index in [0.29, 0.717) is 18.1 Å². The second kappa shape index (κ2) is 12.0. The number of aryl methyl sites for hydroxylation is 1. The van der Waals surface area contributed by atoms with Gasteiger partial charge in [0, 0.05) is 18.8 Å². The third-order valence-corrected chi connectivity index (χ3v) is 6.05. The van der Waals surface area contributed by atoms with E-state index in [-0.39, 0.29) is 18.4 Å². The lowest BCUT2D eigenvalue weighted by Crippen LogP contribution is -2.13. The second-order valence-electron chi connectivity index (χ2n) is 8.29. The lowest BCUT2D eigenvalue weighted by Gasteiger charge is -2.19. The van der Waals surface area contributed by atoms with Crippen LogP contribution in [-0.2, 0) is 16.0 Å². The van der Waals surface area contributed by atoms with Crippen LogP contribution in [0, 0.1) is 5.92 Å². The highest BCUT2D eigenvalue weighted by atomic mass is 16.4. The van der Waals surface area contributed by atoms with Crippen LogP contribution in [-0.4, -0.2) is 28.1 Å². The van der Waals surface area contributed by atoms with E-state index in [1.165, 1.54) is 11.1 Å². The Hall–Kier alpha value is -1.68. The molecule has 1 saturated carbocycles. The van der Waals surface area contributed by atoms with Gasteiger partial charge < -0.3 is 10.2 Å². The summed E-state index contributed by atoms with van der Waals surface area (Å²) < 4.78 is 0. The maximum Gasteiger partial charge on any atom is 0.303 e. The summed E-state index contributed by atoms with van der Waals surface area (Å²) in [5.41, 5.74) is 2.51. The van der Waals surface area contributed by atoms with Crippen molar-refractivity contribution in [1.82, 2.24) is 0 Å². The van der Waals surface area contributed by atoms with Gasteiger partial charge in [-0.1, -0.05) is 56.9 Å². The lowest BCUT2D eigenvalue weighted by molar-refractivity contribution is -0.137. The van der Waals surface area contributed by atoms with E-state index in [2.05, 4.69) is 31.2 Å². The molecule has 4 nitrogen and oxygen atoms in total. The van der Waals surface area contributed by atoms with Crippen molar-refractivity contribution in [3.8, 4) is 0 Å². The van der Waals surface area contributed by atoms with Gasteiger partial charge in [-0.05, 0) is 55.6 Å². The van der Waals surface area contributed by atoms with Crippen LogP contribution in [0.15, 0.2) is 24.3 Å². The van der Waals surface area contributed by atoms with E-state index in [4.69, 9.17) is 5.11 Å². The average molecular weight is 389 g/mol. The molecule has 0 amide bonds. The maximum absolute atomic E-state index is 12.4. The van der Waals surface area contributed by atoms with Crippen LogP contribution in [0.25, 0.3) is 0 Å². The molecule has 0 heterocycles. The smallest absolute Gasteiger partial charge is 0.303 e. The van der Waals surface area contributed by atoms with Crippen LogP contribution < -0.4 is 0 Å². The van der Waals surface area contributed by atoms with Crippen molar-refractivity contribution < 1.29 is 19.8 Å². The number of ketones is 1. The number of hydrogen-bond acceptors (Lipinski definition) is 3. The molecule has 1 fully saturated rings. The molecular weight excluding hydrogens is 352 g/mol. The fourth-order valence-electron chi connectivity index (χ4n) is 4.41. The van der Waals surface area contributed by atoms with Gasteiger partial charge in [0.05, 0.1) is 6.10 Å². The highest BCUT2D eigenvalue weighted by molar-refractivity contribution is 5.84. The predicted octanol–water partition coefficient (Wildman–Crippen LogP) is 5.27. The molecule has 1 aromatic carbocycles. The summed E-state index contributed by atoms with van der Waals surface area (Å²) in [6.45, 7) is 2.09. The zero-order valence-corrected chi connectivity index (χ0v) is 17.2. The molecule has 0 radical (unpaired) electrons. The normalized spacial score (nSPS) is 20.4. The van der Waals surface area contributed by atoms with E-state index in [0.717, 1.165) is 64.2 Å². The number of hydrogen-bond donors (Lipinski definition) is 2. The Morgan fingerprint density at radius 1 is 1.11 bits per heavy atom. The predicted molar refractivity (Wildman–Crippen MR) is 111 cm³/mol. The number of Topliss-reactive ketones (excluding diaryl/α,β-unsaturated/α-hetero) is 1. The Morgan fingerprint density at radius 2 is 1.82 bits per heavy atom. The van der Waals surface area contributed by atoms with Gasteiger partial charge in [-0.3, -0.25) is 9.59 Å². The Morgan fingerprint density at radius 3 is 2.50 bits per heavy atom. The van der Waals surface area contributed by atoms with Gasteiger partial charge in [-0.25, -0.2) is 0 Å². The SMILES string of the molecule is CCCC(O)CCc1ccc(C2CCC(=O)C2CCCCCCC(=O)O)cc1. The maximum atomic E-state index is 12.4. The summed E-state index contributed by atoms with van der Waals surface area (Å²) in [6, 6.07) is 8.65. The number of aliphatic hydroxyl groups excluding tert-OH is 1. The van der Waals surface area contributed by atoms with Gasteiger partial charge in [-0.2, -0.15) is 0 Å². The minimum absolute atomic E-state index is 0.122. The van der Waals surface area contributed by atoms with Crippen molar-refractivity contribution in [2.45, 2.75) is 96.0 Å². The minimum atomic E-state index is -0.727. The summed E-state index contributed by atoms with van der Waals surface area (Å²) in [5.74, 6) is 0.111. The van der Waals surface area contributed by atoms with Crippen molar-refractivity contribution in [1.29, 1.82) is 0 Å². The Bertz CT molecular complexity index is 608. The summed E-state index contributed by atoms with van der Waals surface area (Å²) in [6.07, 6.45) is 9.80. The Labute approximate surface area is 169 Å². The fourth-order valence-corrected chi connectivity index (χ4v) is 4.41. The number of carboxylic acid groups (broad SMARTS) is 1. The van der Waals surface area contributed by atoms with Crippen LogP contribution in [0.1, 0.15) is 94.6 Å². The zero-order valence-electron chi connectivity index (χ0n) is 17.2. The molecule has 3 unspecified atom stereocenters. The highest BCUT2D eigenvalue weighted by Crippen LogP contribution is 2.40. The van der Waals surface area contributed by atoms with E-state index in [1.54, 1.807) is 0 Å². The Balaban J connectivity index is 1.81. The van der Waals surface area contributed by atoms with Gasteiger partial charge in [-0.15, -0.1) is 0 Å². The number of benzene rings is 1. The van der Waals surface area contributed by atoms with Gasteiger partial charge in [0.15, 0.2) is 0 Å². The lowest BCUT2D eigenvalue weighted by atomic mass is 9.84. The number of aliphatic carboxylic acids is 1. The molecule has 2 N–H and O–H groups in total. The zero-order chi connectivity index (χ0) is 20.4. The molecule has 0 aromatic heterocycles. The highest BCUT2D eigenvalue weighted by Gasteiger charge is 2.34. The van der Waals surface area contributed by atoms with E-state index >= 15 is 0 Å². The molecule has 1 aromatic rings. The van der Waals surface area contributed by atoms with Gasteiger partial charge in [0.1, 0.15) is 5.78 Å². The molecule has 4 heteroatoms. The molecule has 156 valence electrons. The number of carbonyl (C=O) groups excluding carboxylic acids is 1. The fraction of sp³-hybridized carbons (Fsp3) is 0.667. The minimum Gasteiger partial charge on any atom is -0.481 e. The quantitative estimate of drug-likeness (QED) is 0.452. The van der Waals surface area contributed by atoms with E-state index < -0.39 is 5.97 Å². The standard InChI is InChI=1S/C24H36O4/c1-2-7-20(25)15-12-18-10-13-19(14-11-18)21-16-17-23(26)22(21)8-5-3-4-6-9-24(27)28/h10-11,13-14,20-22,25H,2-9,12,15-17H2,1H3,(H,27,28). The molecule has 2 rings (SSSR count). The summed E-state index contributed by atoms with van der Waals surface area (Å²) in [4.78, 5) is 22.9. The molecular formula is C24H36O4. The van der Waals surface area contributed by atoms with Crippen molar-refractivity contribution in [3.63, 3.8) is 0 Å².